The Bertz CT molecular complexity index is 8.00. The van der Waals surface area contributed by atoms with Crippen molar-refractivity contribution in [3.05, 3.63) is 0 Å². The molecule has 0 spiro atoms. The first-order valence-corrected chi connectivity index (χ1v) is 2.02. The maximum atomic E-state index is 9.77. The zero-order chi connectivity index (χ0) is 3.58. The first-order chi connectivity index (χ1) is 1.73. The van der Waals surface area contributed by atoms with E-state index in [0.29, 0.717) is 0 Å². The Hall–Kier alpha value is 0.530. The van der Waals surface area contributed by atoms with Gasteiger partial charge >= 0.3 is 29.2 Å². The average molecular weight is 165 g/mol. The predicted octanol–water partition coefficient (Wildman–Crippen LogP) is 1.26. The molecule has 0 aliphatic carbocycles. The summed E-state index contributed by atoms with van der Waals surface area (Å²) in [4.78, 5) is 0. The molecule has 0 unspecified atom stereocenters. The van der Waals surface area contributed by atoms with Crippen LogP contribution in [0.2, 0.25) is 0 Å². The van der Waals surface area contributed by atoms with Crippen molar-refractivity contribution in [1.82, 2.24) is 0 Å². The molecule has 0 heterocycles. The van der Waals surface area contributed by atoms with Gasteiger partial charge in [-0.1, -0.05) is 0 Å². The van der Waals surface area contributed by atoms with Gasteiger partial charge in [0.05, 0.1) is 0 Å². The standard InChI is InChI=1S/Ag.3FH/h;3*1H/q+3;;;/p-3. The van der Waals surface area contributed by atoms with Gasteiger partial charge in [0.1, 0.15) is 0 Å². The molecule has 0 saturated heterocycles. The molecule has 0 bridgehead atoms. The Morgan fingerprint density at radius 2 is 1.00 bits per heavy atom. The zero-order valence-corrected chi connectivity index (χ0v) is 2.92. The Morgan fingerprint density at radius 3 is 1.00 bits per heavy atom. The van der Waals surface area contributed by atoms with Crippen LogP contribution in [0.25, 0.3) is 0 Å². The molecule has 0 aromatic carbocycles. The van der Waals surface area contributed by atoms with Crippen molar-refractivity contribution in [3.8, 4) is 0 Å². The van der Waals surface area contributed by atoms with Gasteiger partial charge in [-0.3, -0.25) is 0 Å². The van der Waals surface area contributed by atoms with E-state index in [2.05, 4.69) is 0 Å². The van der Waals surface area contributed by atoms with Gasteiger partial charge in [0.25, 0.3) is 0 Å². The average Bonchev–Trinajstić information content (AvgIpc) is 0.811. The summed E-state index contributed by atoms with van der Waals surface area (Å²) < 4.78 is 29.3. The second-order valence-corrected chi connectivity index (χ2v) is 0.764. The molecule has 0 aliphatic heterocycles. The molecular formula is AgF3. The number of hydrogen-bond acceptors (Lipinski definition) is 0. The van der Waals surface area contributed by atoms with Gasteiger partial charge in [0, 0.05) is 0 Å². The predicted molar refractivity (Wildman–Crippen MR) is 3.32 cm³/mol. The van der Waals surface area contributed by atoms with E-state index in [4.69, 9.17) is 0 Å². The first-order valence-electron chi connectivity index (χ1n) is 0.342. The minimum atomic E-state index is -4.39. The van der Waals surface area contributed by atoms with E-state index < -0.39 is 20.1 Å². The van der Waals surface area contributed by atoms with E-state index in [-0.39, 0.29) is 0 Å². The summed E-state index contributed by atoms with van der Waals surface area (Å²) in [6.07, 6.45) is 0. The van der Waals surface area contributed by atoms with Crippen LogP contribution in [-0.2, 0) is 20.1 Å². The van der Waals surface area contributed by atoms with Crippen LogP contribution in [-0.4, -0.2) is 0 Å². The van der Waals surface area contributed by atoms with Crippen molar-refractivity contribution in [2.24, 2.45) is 0 Å². The number of halogens is 3. The molecule has 0 rings (SSSR count). The van der Waals surface area contributed by atoms with Crippen LogP contribution in [0.1, 0.15) is 0 Å². The summed E-state index contributed by atoms with van der Waals surface area (Å²) in [5.41, 5.74) is 0. The van der Waals surface area contributed by atoms with Crippen molar-refractivity contribution >= 4 is 0 Å². The van der Waals surface area contributed by atoms with Crippen molar-refractivity contribution in [2.75, 3.05) is 0 Å². The monoisotopic (exact) mass is 164 g/mol. The van der Waals surface area contributed by atoms with Crippen LogP contribution in [0.4, 0.5) is 9.07 Å². The zero-order valence-electron chi connectivity index (χ0n) is 1.44. The van der Waals surface area contributed by atoms with E-state index in [0.717, 1.165) is 0 Å². The number of hydrogen-bond donors (Lipinski definition) is 0. The summed E-state index contributed by atoms with van der Waals surface area (Å²) in [6.45, 7) is 0. The first kappa shape index (κ1) is 4.53. The van der Waals surface area contributed by atoms with Gasteiger partial charge in [0.15, 0.2) is 0 Å². The maximum absolute atomic E-state index is 9.77. The SMILES string of the molecule is [F][Ag]([F])[F]. The van der Waals surface area contributed by atoms with E-state index in [1.807, 2.05) is 0 Å². The molecular weight excluding hydrogens is 165 g/mol. The van der Waals surface area contributed by atoms with Crippen LogP contribution in [0.5, 0.6) is 0 Å². The van der Waals surface area contributed by atoms with Gasteiger partial charge in [-0.2, -0.15) is 0 Å². The third-order valence-corrected chi connectivity index (χ3v) is 0. The molecule has 0 nitrogen and oxygen atoms in total. The summed E-state index contributed by atoms with van der Waals surface area (Å²) in [7, 11) is 0. The normalized spacial score (nSPS) is 11.2. The second kappa shape index (κ2) is 1.81. The van der Waals surface area contributed by atoms with Crippen molar-refractivity contribution in [1.29, 1.82) is 0 Å². The van der Waals surface area contributed by atoms with E-state index >= 15 is 0 Å². The summed E-state index contributed by atoms with van der Waals surface area (Å²) in [5, 5.41) is 0. The topological polar surface area (TPSA) is 0 Å². The Morgan fingerprint density at radius 1 is 1.00 bits per heavy atom. The molecule has 0 fully saturated rings. The van der Waals surface area contributed by atoms with E-state index in [1.165, 1.54) is 0 Å². The molecule has 0 amide bonds. The molecule has 4 heteroatoms. The summed E-state index contributed by atoms with van der Waals surface area (Å²) in [6, 6.07) is 0. The molecule has 0 atom stereocenters. The molecule has 0 N–H and O–H groups in total. The second-order valence-electron chi connectivity index (χ2n) is 0.129. The van der Waals surface area contributed by atoms with E-state index in [1.54, 1.807) is 0 Å². The van der Waals surface area contributed by atoms with Crippen LogP contribution in [0, 0.1) is 0 Å². The molecule has 4 heavy (non-hydrogen) atoms. The van der Waals surface area contributed by atoms with Gasteiger partial charge in [0.2, 0.25) is 0 Å². The van der Waals surface area contributed by atoms with Crippen molar-refractivity contribution < 1.29 is 29.2 Å². The Labute approximate surface area is 29.8 Å². The van der Waals surface area contributed by atoms with E-state index in [9.17, 15) is 9.07 Å². The Kier molecular flexibility index (Phi) is 2.05. The van der Waals surface area contributed by atoms with Crippen LogP contribution < -0.4 is 0 Å². The molecule has 32 valence electrons. The molecule has 0 saturated carbocycles. The summed E-state index contributed by atoms with van der Waals surface area (Å²) >= 11 is -4.39. The molecule has 0 aliphatic rings. The minimum absolute atomic E-state index is 4.39. The number of rotatable bonds is 0. The molecule has 0 aromatic rings. The fourth-order valence-corrected chi connectivity index (χ4v) is 0. The van der Waals surface area contributed by atoms with Gasteiger partial charge in [-0.15, -0.1) is 0 Å². The fraction of sp³-hybridized carbons (Fsp3) is 0. The fourth-order valence-electron chi connectivity index (χ4n) is 0. The Balaban J connectivity index is 2.32. The quantitative estimate of drug-likeness (QED) is 0.474. The van der Waals surface area contributed by atoms with Crippen LogP contribution in [0.3, 0.4) is 0 Å². The van der Waals surface area contributed by atoms with Gasteiger partial charge in [-0.25, -0.2) is 0 Å². The van der Waals surface area contributed by atoms with Crippen molar-refractivity contribution in [2.45, 2.75) is 0 Å². The molecule has 0 aromatic heterocycles. The van der Waals surface area contributed by atoms with Crippen LogP contribution >= 0.6 is 0 Å². The third kappa shape index (κ3) is 21.1. The summed E-state index contributed by atoms with van der Waals surface area (Å²) in [5.74, 6) is 0. The molecule has 0 radical (unpaired) electrons. The third-order valence-electron chi connectivity index (χ3n) is 0. The van der Waals surface area contributed by atoms with Crippen LogP contribution in [0.15, 0.2) is 0 Å². The van der Waals surface area contributed by atoms with Crippen molar-refractivity contribution in [3.63, 3.8) is 0 Å². The van der Waals surface area contributed by atoms with Gasteiger partial charge in [-0.05, 0) is 0 Å². The van der Waals surface area contributed by atoms with Gasteiger partial charge < -0.3 is 0 Å².